The summed E-state index contributed by atoms with van der Waals surface area (Å²) in [5.74, 6) is -0.348. The van der Waals surface area contributed by atoms with E-state index in [4.69, 9.17) is 0 Å². The molecule has 4 nitrogen and oxygen atoms in total. The minimum Gasteiger partial charge on any atom is -0.311 e. The zero-order valence-electron chi connectivity index (χ0n) is 17.2. The van der Waals surface area contributed by atoms with Gasteiger partial charge in [-0.25, -0.2) is 4.39 Å². The highest BCUT2D eigenvalue weighted by molar-refractivity contribution is 14.1. The van der Waals surface area contributed by atoms with Crippen LogP contribution in [0.3, 0.4) is 0 Å². The van der Waals surface area contributed by atoms with Gasteiger partial charge in [0.05, 0.1) is 39.8 Å². The van der Waals surface area contributed by atoms with Crippen molar-refractivity contribution in [1.29, 1.82) is 0 Å². The van der Waals surface area contributed by atoms with Crippen molar-refractivity contribution in [1.82, 2.24) is 4.98 Å². The lowest BCUT2D eigenvalue weighted by Crippen LogP contribution is -2.26. The molecule has 0 unspecified atom stereocenters. The van der Waals surface area contributed by atoms with Gasteiger partial charge in [0.15, 0.2) is 0 Å². The van der Waals surface area contributed by atoms with Gasteiger partial charge in [-0.15, -0.1) is 0 Å². The number of hydrogen-bond donors (Lipinski definition) is 0. The number of nitrogens with zero attached hydrogens (tertiary/aromatic N) is 3. The third-order valence-electron chi connectivity index (χ3n) is 5.24. The molecule has 0 bridgehead atoms. The zero-order chi connectivity index (χ0) is 22.0. The number of carbonyl (C=O) groups is 1. The van der Waals surface area contributed by atoms with E-state index in [1.165, 1.54) is 12.1 Å². The van der Waals surface area contributed by atoms with E-state index in [0.29, 0.717) is 5.56 Å². The molecule has 0 atom stereocenters. The average Bonchev–Trinajstić information content (AvgIpc) is 2.82. The Kier molecular flexibility index (Phi) is 6.18. The fourth-order valence-corrected chi connectivity index (χ4v) is 4.20. The van der Waals surface area contributed by atoms with Gasteiger partial charge in [-0.1, -0.05) is 19.1 Å². The molecule has 156 valence electrons. The van der Waals surface area contributed by atoms with Crippen LogP contribution < -0.4 is 8.01 Å². The lowest BCUT2D eigenvalue weighted by atomic mass is 10.1. The van der Waals surface area contributed by atoms with Gasteiger partial charge in [0.2, 0.25) is 0 Å². The van der Waals surface area contributed by atoms with Crippen molar-refractivity contribution in [3.05, 3.63) is 95.9 Å². The second kappa shape index (κ2) is 9.01. The summed E-state index contributed by atoms with van der Waals surface area (Å²) in [4.78, 5) is 18.9. The number of halogens is 2. The molecule has 0 radical (unpaired) electrons. The maximum Gasteiger partial charge on any atom is 0.258 e. The summed E-state index contributed by atoms with van der Waals surface area (Å²) in [6.45, 7) is 2.07. The number of rotatable bonds is 5. The Morgan fingerprint density at radius 3 is 2.48 bits per heavy atom. The van der Waals surface area contributed by atoms with Crippen LogP contribution in [0.5, 0.6) is 0 Å². The number of anilines is 3. The normalized spacial score (nSPS) is 10.8. The van der Waals surface area contributed by atoms with E-state index in [9.17, 15) is 9.18 Å². The molecule has 4 rings (SSSR count). The van der Waals surface area contributed by atoms with Crippen LogP contribution in [0.1, 0.15) is 22.8 Å². The smallest absolute Gasteiger partial charge is 0.258 e. The lowest BCUT2D eigenvalue weighted by Gasteiger charge is -2.21. The molecule has 0 saturated carbocycles. The van der Waals surface area contributed by atoms with Crippen molar-refractivity contribution >= 4 is 56.7 Å². The first kappa shape index (κ1) is 21.2. The molecule has 0 N–H and O–H groups in total. The van der Waals surface area contributed by atoms with Crippen LogP contribution in [-0.2, 0) is 6.42 Å². The van der Waals surface area contributed by atoms with Crippen molar-refractivity contribution in [3.63, 3.8) is 0 Å². The number of amides is 1. The van der Waals surface area contributed by atoms with Gasteiger partial charge in [-0.3, -0.25) is 12.9 Å². The molecule has 0 saturated heterocycles. The summed E-state index contributed by atoms with van der Waals surface area (Å²) < 4.78 is 15.8. The molecular formula is C25H21FIN3O. The van der Waals surface area contributed by atoms with Crippen LogP contribution in [0.2, 0.25) is 0 Å². The Bertz CT molecular complexity index is 1240. The fraction of sp³-hybridized carbons (Fsp3) is 0.120. The van der Waals surface area contributed by atoms with E-state index in [1.807, 2.05) is 57.7 Å². The number of carbonyl (C=O) groups excluding carboxylic acids is 1. The van der Waals surface area contributed by atoms with Crippen LogP contribution in [0.25, 0.3) is 10.9 Å². The van der Waals surface area contributed by atoms with E-state index in [1.54, 1.807) is 24.2 Å². The predicted molar refractivity (Wildman–Crippen MR) is 133 cm³/mol. The fourth-order valence-electron chi connectivity index (χ4n) is 3.46. The van der Waals surface area contributed by atoms with E-state index in [-0.39, 0.29) is 11.7 Å². The Morgan fingerprint density at radius 1 is 1.00 bits per heavy atom. The second-order valence-electron chi connectivity index (χ2n) is 7.21. The number of hydrogen-bond acceptors (Lipinski definition) is 3. The molecule has 31 heavy (non-hydrogen) atoms. The van der Waals surface area contributed by atoms with Gasteiger partial charge in [0.1, 0.15) is 5.82 Å². The Balaban J connectivity index is 1.59. The van der Waals surface area contributed by atoms with Crippen molar-refractivity contribution in [3.8, 4) is 0 Å². The summed E-state index contributed by atoms with van der Waals surface area (Å²) >= 11 is 2.20. The molecular weight excluding hydrogens is 504 g/mol. The van der Waals surface area contributed by atoms with Gasteiger partial charge >= 0.3 is 0 Å². The highest BCUT2D eigenvalue weighted by Gasteiger charge is 2.15. The molecule has 0 fully saturated rings. The van der Waals surface area contributed by atoms with Crippen molar-refractivity contribution < 1.29 is 9.18 Å². The Labute approximate surface area is 194 Å². The number of benzene rings is 3. The number of pyridine rings is 1. The van der Waals surface area contributed by atoms with Gasteiger partial charge in [-0.05, 0) is 72.6 Å². The van der Waals surface area contributed by atoms with E-state index < -0.39 is 0 Å². The molecule has 0 aliphatic rings. The maximum atomic E-state index is 13.8. The third-order valence-corrected chi connectivity index (χ3v) is 6.32. The molecule has 1 amide bonds. The third kappa shape index (κ3) is 4.39. The van der Waals surface area contributed by atoms with Crippen LogP contribution in [0, 0.1) is 5.82 Å². The molecule has 0 aliphatic carbocycles. The van der Waals surface area contributed by atoms with Crippen molar-refractivity contribution in [2.24, 2.45) is 0 Å². The van der Waals surface area contributed by atoms with Gasteiger partial charge in [0, 0.05) is 29.9 Å². The molecule has 0 spiro atoms. The zero-order valence-corrected chi connectivity index (χ0v) is 19.4. The Hall–Kier alpha value is -3.00. The van der Waals surface area contributed by atoms with Crippen molar-refractivity contribution in [2.45, 2.75) is 13.3 Å². The van der Waals surface area contributed by atoms with Crippen LogP contribution in [0.4, 0.5) is 21.5 Å². The summed E-state index contributed by atoms with van der Waals surface area (Å²) in [5.41, 5.74) is 5.10. The number of aryl methyl sites for hydroxylation is 1. The molecule has 3 aromatic carbocycles. The molecule has 0 aliphatic heterocycles. The second-order valence-corrected chi connectivity index (χ2v) is 8.17. The molecule has 1 aromatic heterocycles. The van der Waals surface area contributed by atoms with Crippen molar-refractivity contribution in [2.75, 3.05) is 15.1 Å². The minimum atomic E-state index is -0.297. The van der Waals surface area contributed by atoms with E-state index in [0.717, 1.165) is 39.9 Å². The molecule has 6 heteroatoms. The first-order chi connectivity index (χ1) is 15.0. The van der Waals surface area contributed by atoms with E-state index in [2.05, 4.69) is 34.8 Å². The number of fused-ring (bicyclic) bond motifs is 1. The van der Waals surface area contributed by atoms with Crippen LogP contribution in [0.15, 0.2) is 79.0 Å². The quantitative estimate of drug-likeness (QED) is 0.215. The molecule has 4 aromatic rings. The summed E-state index contributed by atoms with van der Waals surface area (Å²) in [6.07, 6.45) is 2.60. The SMILES string of the molecule is CCc1cccc(C(=O)N(C)c2ccc(N(I)c3ccnc4ccc(F)cc34)cc2)c1. The molecule has 1 heterocycles. The minimum absolute atomic E-state index is 0.0509. The first-order valence-corrected chi connectivity index (χ1v) is 10.9. The average molecular weight is 525 g/mol. The topological polar surface area (TPSA) is 36.4 Å². The summed E-state index contributed by atoms with van der Waals surface area (Å²) in [7, 11) is 1.77. The van der Waals surface area contributed by atoms with Crippen LogP contribution >= 0.6 is 22.9 Å². The largest absolute Gasteiger partial charge is 0.311 e. The predicted octanol–water partition coefficient (Wildman–Crippen LogP) is 6.70. The summed E-state index contributed by atoms with van der Waals surface area (Å²) in [6, 6.07) is 21.9. The van der Waals surface area contributed by atoms with Gasteiger partial charge < -0.3 is 4.90 Å². The maximum absolute atomic E-state index is 13.8. The Morgan fingerprint density at radius 2 is 1.74 bits per heavy atom. The summed E-state index contributed by atoms with van der Waals surface area (Å²) in [5, 5.41) is 0.740. The monoisotopic (exact) mass is 525 g/mol. The standard InChI is InChI=1S/C25H21FIN3O/c1-3-17-5-4-6-18(15-17)25(31)29(2)20-8-10-21(11-9-20)30(27)24-13-14-28-23-12-7-19(26)16-22(23)24/h4-16H,3H2,1-2H3. The van der Waals surface area contributed by atoms with Gasteiger partial charge in [-0.2, -0.15) is 0 Å². The highest BCUT2D eigenvalue weighted by atomic mass is 127. The van der Waals surface area contributed by atoms with Gasteiger partial charge in [0.25, 0.3) is 5.91 Å². The van der Waals surface area contributed by atoms with E-state index >= 15 is 0 Å². The lowest BCUT2D eigenvalue weighted by molar-refractivity contribution is 0.0993. The highest BCUT2D eigenvalue weighted by Crippen LogP contribution is 2.35. The first-order valence-electron chi connectivity index (χ1n) is 9.95. The number of aromatic nitrogens is 1. The van der Waals surface area contributed by atoms with Crippen LogP contribution in [-0.4, -0.2) is 17.9 Å².